The van der Waals surface area contributed by atoms with Gasteiger partial charge in [-0.1, -0.05) is 43.0 Å². The Hall–Kier alpha value is -3.54. The van der Waals surface area contributed by atoms with Crippen LogP contribution in [-0.4, -0.2) is 27.8 Å². The van der Waals surface area contributed by atoms with Crippen LogP contribution in [-0.2, 0) is 4.79 Å². The molecule has 0 spiro atoms. The number of benzene rings is 1. The van der Waals surface area contributed by atoms with Gasteiger partial charge in [0.05, 0.1) is 0 Å². The molecule has 2 amide bonds. The number of carbonyl (C=O) groups is 2. The van der Waals surface area contributed by atoms with Gasteiger partial charge in [-0.2, -0.15) is 0 Å². The van der Waals surface area contributed by atoms with Crippen molar-refractivity contribution in [1.29, 1.82) is 0 Å². The summed E-state index contributed by atoms with van der Waals surface area (Å²) < 4.78 is 0. The highest BCUT2D eigenvalue weighted by molar-refractivity contribution is 6.09. The lowest BCUT2D eigenvalue weighted by Crippen LogP contribution is -2.47. The molecule has 1 aliphatic carbocycles. The number of amides is 2. The Morgan fingerprint density at radius 2 is 1.66 bits per heavy atom. The van der Waals surface area contributed by atoms with E-state index in [1.807, 2.05) is 31.2 Å². The first-order chi connectivity index (χ1) is 15.6. The van der Waals surface area contributed by atoms with Gasteiger partial charge in [-0.25, -0.2) is 0 Å². The van der Waals surface area contributed by atoms with Crippen LogP contribution in [0.15, 0.2) is 73.2 Å². The minimum Gasteiger partial charge on any atom is -0.351 e. The molecule has 1 N–H and O–H groups in total. The molecule has 0 unspecified atom stereocenters. The summed E-state index contributed by atoms with van der Waals surface area (Å²) in [5, 5.41) is 3.21. The molecule has 3 aromatic rings. The fraction of sp³-hybridized carbons (Fsp3) is 0.308. The first-order valence-electron chi connectivity index (χ1n) is 11.1. The molecule has 1 aromatic carbocycles. The van der Waals surface area contributed by atoms with Gasteiger partial charge in [0.1, 0.15) is 11.7 Å². The fourth-order valence-corrected chi connectivity index (χ4v) is 4.19. The van der Waals surface area contributed by atoms with E-state index in [1.54, 1.807) is 53.8 Å². The predicted molar refractivity (Wildman–Crippen MR) is 124 cm³/mol. The van der Waals surface area contributed by atoms with E-state index in [9.17, 15) is 9.59 Å². The van der Waals surface area contributed by atoms with Crippen LogP contribution < -0.4 is 10.2 Å². The van der Waals surface area contributed by atoms with Crippen LogP contribution in [0.1, 0.15) is 59.8 Å². The van der Waals surface area contributed by atoms with Crippen molar-refractivity contribution in [3.8, 4) is 0 Å². The zero-order valence-corrected chi connectivity index (χ0v) is 18.3. The molecule has 1 aliphatic rings. The lowest BCUT2D eigenvalue weighted by molar-refractivity contribution is -0.123. The quantitative estimate of drug-likeness (QED) is 0.622. The molecule has 0 bridgehead atoms. The number of nitrogens with one attached hydrogen (secondary N) is 1. The Morgan fingerprint density at radius 1 is 0.938 bits per heavy atom. The average molecular weight is 429 g/mol. The summed E-state index contributed by atoms with van der Waals surface area (Å²) in [5.41, 5.74) is 2.72. The summed E-state index contributed by atoms with van der Waals surface area (Å²) in [4.78, 5) is 37.3. The highest BCUT2D eigenvalue weighted by Crippen LogP contribution is 2.30. The van der Waals surface area contributed by atoms with Gasteiger partial charge in [-0.3, -0.25) is 24.5 Å². The first kappa shape index (κ1) is 21.7. The van der Waals surface area contributed by atoms with Crippen molar-refractivity contribution < 1.29 is 9.59 Å². The monoisotopic (exact) mass is 428 g/mol. The zero-order chi connectivity index (χ0) is 22.3. The van der Waals surface area contributed by atoms with E-state index in [-0.39, 0.29) is 23.6 Å². The van der Waals surface area contributed by atoms with Crippen molar-refractivity contribution in [3.05, 3.63) is 90.0 Å². The largest absolute Gasteiger partial charge is 0.351 e. The van der Waals surface area contributed by atoms with E-state index in [0.717, 1.165) is 31.2 Å². The summed E-state index contributed by atoms with van der Waals surface area (Å²) in [6, 6.07) is 15.7. The van der Waals surface area contributed by atoms with E-state index in [0.29, 0.717) is 11.3 Å². The lowest BCUT2D eigenvalue weighted by Gasteiger charge is -2.33. The molecular weight excluding hydrogens is 400 g/mol. The molecule has 6 nitrogen and oxygen atoms in total. The number of pyridine rings is 2. The summed E-state index contributed by atoms with van der Waals surface area (Å²) in [5.74, 6) is -0.511. The van der Waals surface area contributed by atoms with Crippen LogP contribution in [0.5, 0.6) is 0 Å². The maximum absolute atomic E-state index is 13.7. The van der Waals surface area contributed by atoms with Crippen molar-refractivity contribution in [2.45, 2.75) is 51.1 Å². The van der Waals surface area contributed by atoms with Gasteiger partial charge in [0.2, 0.25) is 5.91 Å². The number of aromatic nitrogens is 2. The Morgan fingerprint density at radius 3 is 2.31 bits per heavy atom. The molecule has 6 heteroatoms. The van der Waals surface area contributed by atoms with Crippen LogP contribution >= 0.6 is 0 Å². The number of hydrogen-bond donors (Lipinski definition) is 1. The summed E-state index contributed by atoms with van der Waals surface area (Å²) in [6.07, 6.45) is 10.2. The topological polar surface area (TPSA) is 75.2 Å². The highest BCUT2D eigenvalue weighted by Gasteiger charge is 2.35. The van der Waals surface area contributed by atoms with E-state index < -0.39 is 6.04 Å². The van der Waals surface area contributed by atoms with E-state index >= 15 is 0 Å². The van der Waals surface area contributed by atoms with Gasteiger partial charge in [-0.05, 0) is 61.7 Å². The Labute approximate surface area is 188 Å². The number of carbonyl (C=O) groups excluding carboxylic acids is 2. The average Bonchev–Trinajstić information content (AvgIpc) is 2.84. The van der Waals surface area contributed by atoms with Crippen molar-refractivity contribution >= 4 is 17.5 Å². The minimum atomic E-state index is -0.836. The number of nitrogens with zero attached hydrogens (tertiary/aromatic N) is 3. The third kappa shape index (κ3) is 5.02. The Kier molecular flexibility index (Phi) is 6.90. The number of rotatable bonds is 6. The highest BCUT2D eigenvalue weighted by atomic mass is 16.2. The zero-order valence-electron chi connectivity index (χ0n) is 18.3. The van der Waals surface area contributed by atoms with E-state index in [2.05, 4.69) is 15.3 Å². The molecule has 2 aromatic heterocycles. The second kappa shape index (κ2) is 10.2. The van der Waals surface area contributed by atoms with Gasteiger partial charge < -0.3 is 5.32 Å². The standard InChI is InChI=1S/C26H28N4O2/c1-19-10-12-22(13-11-19)30(26(32)23-9-5-6-16-28-23)24(20-14-17-27-18-15-20)25(31)29-21-7-3-2-4-8-21/h5-6,9-18,21,24H,2-4,7-8H2,1H3,(H,29,31)/t24-/m1/s1. The van der Waals surface area contributed by atoms with Crippen LogP contribution in [0.2, 0.25) is 0 Å². The second-order valence-corrected chi connectivity index (χ2v) is 8.25. The molecule has 1 fully saturated rings. The Balaban J connectivity index is 1.77. The van der Waals surface area contributed by atoms with Crippen LogP contribution in [0, 0.1) is 6.92 Å². The third-order valence-electron chi connectivity index (χ3n) is 5.89. The van der Waals surface area contributed by atoms with Gasteiger partial charge in [0, 0.05) is 30.3 Å². The molecule has 0 radical (unpaired) electrons. The molecule has 2 heterocycles. The van der Waals surface area contributed by atoms with Gasteiger partial charge >= 0.3 is 0 Å². The Bertz CT molecular complexity index is 1030. The second-order valence-electron chi connectivity index (χ2n) is 8.25. The van der Waals surface area contributed by atoms with Gasteiger partial charge in [-0.15, -0.1) is 0 Å². The SMILES string of the molecule is Cc1ccc(N(C(=O)c2ccccn2)[C@@H](C(=O)NC2CCCCC2)c2ccncc2)cc1. The maximum atomic E-state index is 13.7. The molecule has 32 heavy (non-hydrogen) atoms. The van der Waals surface area contributed by atoms with Gasteiger partial charge in [0.15, 0.2) is 0 Å². The smallest absolute Gasteiger partial charge is 0.277 e. The molecule has 0 saturated heterocycles. The van der Waals surface area contributed by atoms with Gasteiger partial charge in [0.25, 0.3) is 5.91 Å². The summed E-state index contributed by atoms with van der Waals surface area (Å²) in [7, 11) is 0. The predicted octanol–water partition coefficient (Wildman–Crippen LogP) is 4.62. The van der Waals surface area contributed by atoms with E-state index in [4.69, 9.17) is 0 Å². The van der Waals surface area contributed by atoms with Crippen molar-refractivity contribution in [1.82, 2.24) is 15.3 Å². The summed E-state index contributed by atoms with van der Waals surface area (Å²) in [6.45, 7) is 1.99. The summed E-state index contributed by atoms with van der Waals surface area (Å²) >= 11 is 0. The number of anilines is 1. The molecule has 4 rings (SSSR count). The van der Waals surface area contributed by atoms with Crippen LogP contribution in [0.25, 0.3) is 0 Å². The van der Waals surface area contributed by atoms with E-state index in [1.165, 1.54) is 6.42 Å². The normalized spacial score (nSPS) is 15.0. The number of hydrogen-bond acceptors (Lipinski definition) is 4. The third-order valence-corrected chi connectivity index (χ3v) is 5.89. The lowest BCUT2D eigenvalue weighted by atomic mass is 9.94. The molecule has 164 valence electrons. The molecule has 1 saturated carbocycles. The molecule has 0 aliphatic heterocycles. The van der Waals surface area contributed by atoms with Crippen LogP contribution in [0.3, 0.4) is 0 Å². The van der Waals surface area contributed by atoms with Crippen molar-refractivity contribution in [3.63, 3.8) is 0 Å². The van der Waals surface area contributed by atoms with Crippen molar-refractivity contribution in [2.75, 3.05) is 4.90 Å². The fourth-order valence-electron chi connectivity index (χ4n) is 4.19. The maximum Gasteiger partial charge on any atom is 0.277 e. The minimum absolute atomic E-state index is 0.130. The van der Waals surface area contributed by atoms with Crippen molar-refractivity contribution in [2.24, 2.45) is 0 Å². The molecular formula is C26H28N4O2. The number of aryl methyl sites for hydroxylation is 1. The molecule has 1 atom stereocenters. The first-order valence-corrected chi connectivity index (χ1v) is 11.1. The van der Waals surface area contributed by atoms with Crippen LogP contribution in [0.4, 0.5) is 5.69 Å².